The van der Waals surface area contributed by atoms with Gasteiger partial charge in [-0.15, -0.1) is 0 Å². The Hall–Kier alpha value is -0.940. The van der Waals surface area contributed by atoms with Crippen molar-refractivity contribution < 1.29 is 14.9 Å². The fourth-order valence-corrected chi connectivity index (χ4v) is 5.34. The molecule has 2 aliphatic rings. The first-order valence-corrected chi connectivity index (χ1v) is 10.5. The molecule has 2 aliphatic carbocycles. The zero-order valence-electron chi connectivity index (χ0n) is 17.2. The summed E-state index contributed by atoms with van der Waals surface area (Å²) in [5, 5.41) is 19.8. The van der Waals surface area contributed by atoms with Crippen LogP contribution >= 0.6 is 0 Å². The number of benzene rings is 1. The van der Waals surface area contributed by atoms with E-state index in [1.807, 2.05) is 18.2 Å². The Bertz CT molecular complexity index is 591. The summed E-state index contributed by atoms with van der Waals surface area (Å²) in [4.78, 5) is 2.11. The van der Waals surface area contributed by atoms with Gasteiger partial charge in [-0.2, -0.15) is 0 Å². The Morgan fingerprint density at radius 2 is 1.96 bits per heavy atom. The molecule has 27 heavy (non-hydrogen) atoms. The fourth-order valence-electron chi connectivity index (χ4n) is 5.34. The predicted molar refractivity (Wildman–Crippen MR) is 108 cm³/mol. The Morgan fingerprint density at radius 3 is 2.56 bits per heavy atom. The minimum atomic E-state index is -0.431. The van der Waals surface area contributed by atoms with Crippen LogP contribution in [0.5, 0.6) is 0 Å². The van der Waals surface area contributed by atoms with Crippen molar-refractivity contribution in [1.82, 2.24) is 4.90 Å². The van der Waals surface area contributed by atoms with Crippen LogP contribution in [0, 0.1) is 16.7 Å². The molecule has 3 rings (SSSR count). The molecule has 152 valence electrons. The summed E-state index contributed by atoms with van der Waals surface area (Å²) in [6.45, 7) is 9.80. The maximum Gasteiger partial charge on any atom is 0.0689 e. The second-order valence-electron chi connectivity index (χ2n) is 9.36. The van der Waals surface area contributed by atoms with Crippen LogP contribution in [0.1, 0.15) is 52.0 Å². The molecule has 1 aromatic rings. The molecular weight excluding hydrogens is 338 g/mol. The van der Waals surface area contributed by atoms with E-state index in [1.165, 1.54) is 24.8 Å². The van der Waals surface area contributed by atoms with Crippen LogP contribution in [-0.4, -0.2) is 53.6 Å². The highest BCUT2D eigenvalue weighted by molar-refractivity contribution is 5.14. The third-order valence-electron chi connectivity index (χ3n) is 7.62. The minimum absolute atomic E-state index is 0.104. The Labute approximate surface area is 164 Å². The largest absolute Gasteiger partial charge is 0.395 e. The maximum absolute atomic E-state index is 10.5. The van der Waals surface area contributed by atoms with Crippen molar-refractivity contribution in [2.24, 2.45) is 16.7 Å². The standard InChI is InChI=1S/C23H37NO3/c1-22(2)19-9-11-23(22,3)21(15-19)27-14-10-20(26)17-24(12-13-25)16-18-7-5-4-6-8-18/h4-8,19-21,25-26H,9-17H2,1-3H3. The van der Waals surface area contributed by atoms with Gasteiger partial charge >= 0.3 is 0 Å². The molecule has 0 aliphatic heterocycles. The molecule has 2 bridgehead atoms. The van der Waals surface area contributed by atoms with Crippen molar-refractivity contribution in [2.75, 3.05) is 26.3 Å². The van der Waals surface area contributed by atoms with Crippen molar-refractivity contribution in [3.8, 4) is 0 Å². The summed E-state index contributed by atoms with van der Waals surface area (Å²) in [6, 6.07) is 10.2. The summed E-state index contributed by atoms with van der Waals surface area (Å²) in [5.74, 6) is 0.781. The zero-order valence-corrected chi connectivity index (χ0v) is 17.2. The number of aliphatic hydroxyl groups is 2. The predicted octanol–water partition coefficient (Wildman–Crippen LogP) is 3.46. The fraction of sp³-hybridized carbons (Fsp3) is 0.739. The Kier molecular flexibility index (Phi) is 6.62. The second-order valence-corrected chi connectivity index (χ2v) is 9.36. The summed E-state index contributed by atoms with van der Waals surface area (Å²) < 4.78 is 6.28. The van der Waals surface area contributed by atoms with Gasteiger partial charge in [0.25, 0.3) is 0 Å². The topological polar surface area (TPSA) is 52.9 Å². The van der Waals surface area contributed by atoms with E-state index in [-0.39, 0.29) is 12.0 Å². The van der Waals surface area contributed by atoms with Gasteiger partial charge in [0.05, 0.1) is 18.8 Å². The molecule has 4 heteroatoms. The summed E-state index contributed by atoms with van der Waals surface area (Å²) in [6.07, 6.45) is 4.32. The van der Waals surface area contributed by atoms with Crippen LogP contribution in [0.25, 0.3) is 0 Å². The lowest BCUT2D eigenvalue weighted by Gasteiger charge is -2.39. The molecule has 2 fully saturated rings. The van der Waals surface area contributed by atoms with Crippen LogP contribution in [0.2, 0.25) is 0 Å². The number of aliphatic hydroxyl groups excluding tert-OH is 2. The smallest absolute Gasteiger partial charge is 0.0689 e. The monoisotopic (exact) mass is 375 g/mol. The van der Waals surface area contributed by atoms with Crippen LogP contribution < -0.4 is 0 Å². The number of nitrogens with zero attached hydrogens (tertiary/aromatic N) is 1. The molecule has 4 atom stereocenters. The van der Waals surface area contributed by atoms with Crippen molar-refractivity contribution in [1.29, 1.82) is 0 Å². The van der Waals surface area contributed by atoms with E-state index in [9.17, 15) is 10.2 Å². The van der Waals surface area contributed by atoms with Gasteiger partial charge in [-0.05, 0) is 48.0 Å². The molecule has 2 N–H and O–H groups in total. The van der Waals surface area contributed by atoms with Crippen LogP contribution in [-0.2, 0) is 11.3 Å². The first-order valence-electron chi connectivity index (χ1n) is 10.5. The maximum atomic E-state index is 10.5. The van der Waals surface area contributed by atoms with Gasteiger partial charge in [0, 0.05) is 26.2 Å². The van der Waals surface area contributed by atoms with E-state index >= 15 is 0 Å². The zero-order chi connectivity index (χ0) is 19.5. The lowest BCUT2D eigenvalue weighted by molar-refractivity contribution is -0.0566. The van der Waals surface area contributed by atoms with Crippen molar-refractivity contribution in [3.05, 3.63) is 35.9 Å². The molecule has 0 saturated heterocycles. The third-order valence-corrected chi connectivity index (χ3v) is 7.62. The van der Waals surface area contributed by atoms with Gasteiger partial charge in [-0.1, -0.05) is 51.1 Å². The van der Waals surface area contributed by atoms with E-state index in [2.05, 4.69) is 37.8 Å². The van der Waals surface area contributed by atoms with Gasteiger partial charge in [0.15, 0.2) is 0 Å². The molecule has 0 radical (unpaired) electrons. The molecular formula is C23H37NO3. The van der Waals surface area contributed by atoms with E-state index in [0.717, 1.165) is 12.5 Å². The summed E-state index contributed by atoms with van der Waals surface area (Å²) >= 11 is 0. The van der Waals surface area contributed by atoms with E-state index < -0.39 is 6.10 Å². The summed E-state index contributed by atoms with van der Waals surface area (Å²) in [5.41, 5.74) is 1.84. The second kappa shape index (κ2) is 8.60. The molecule has 4 nitrogen and oxygen atoms in total. The quantitative estimate of drug-likeness (QED) is 0.658. The van der Waals surface area contributed by atoms with Crippen LogP contribution in [0.15, 0.2) is 30.3 Å². The molecule has 0 spiro atoms. The minimum Gasteiger partial charge on any atom is -0.395 e. The van der Waals surface area contributed by atoms with Crippen molar-refractivity contribution in [3.63, 3.8) is 0 Å². The molecule has 0 aromatic heterocycles. The lowest BCUT2D eigenvalue weighted by atomic mass is 9.70. The number of ether oxygens (including phenoxy) is 1. The van der Waals surface area contributed by atoms with Gasteiger partial charge in [-0.25, -0.2) is 0 Å². The number of fused-ring (bicyclic) bond motifs is 2. The number of hydrogen-bond acceptors (Lipinski definition) is 4. The van der Waals surface area contributed by atoms with Gasteiger partial charge < -0.3 is 14.9 Å². The SMILES string of the molecule is CC1(C)C2CCC1(C)C(OCCC(O)CN(CCO)Cc1ccccc1)C2. The highest BCUT2D eigenvalue weighted by atomic mass is 16.5. The first-order chi connectivity index (χ1) is 12.9. The van der Waals surface area contributed by atoms with Gasteiger partial charge in [0.1, 0.15) is 0 Å². The molecule has 0 amide bonds. The van der Waals surface area contributed by atoms with Crippen LogP contribution in [0.3, 0.4) is 0 Å². The molecule has 2 saturated carbocycles. The normalized spacial score (nSPS) is 30.1. The number of rotatable bonds is 10. The first kappa shape index (κ1) is 20.8. The molecule has 1 aromatic carbocycles. The van der Waals surface area contributed by atoms with Crippen molar-refractivity contribution >= 4 is 0 Å². The Morgan fingerprint density at radius 1 is 1.22 bits per heavy atom. The van der Waals surface area contributed by atoms with Crippen molar-refractivity contribution in [2.45, 2.75) is 65.2 Å². The van der Waals surface area contributed by atoms with E-state index in [1.54, 1.807) is 0 Å². The highest BCUT2D eigenvalue weighted by Gasteiger charge is 2.61. The van der Waals surface area contributed by atoms with E-state index in [0.29, 0.717) is 37.6 Å². The average Bonchev–Trinajstić information content (AvgIpc) is 2.96. The summed E-state index contributed by atoms with van der Waals surface area (Å²) in [7, 11) is 0. The molecule has 0 heterocycles. The van der Waals surface area contributed by atoms with Gasteiger partial charge in [-0.3, -0.25) is 4.90 Å². The van der Waals surface area contributed by atoms with Crippen LogP contribution in [0.4, 0.5) is 0 Å². The number of hydrogen-bond donors (Lipinski definition) is 2. The van der Waals surface area contributed by atoms with Gasteiger partial charge in [0.2, 0.25) is 0 Å². The lowest BCUT2D eigenvalue weighted by Crippen LogP contribution is -2.38. The average molecular weight is 376 g/mol. The van der Waals surface area contributed by atoms with E-state index in [4.69, 9.17) is 4.74 Å². The molecule has 4 unspecified atom stereocenters. The highest BCUT2D eigenvalue weighted by Crippen LogP contribution is 2.66. The Balaban J connectivity index is 1.44. The third kappa shape index (κ3) is 4.40.